The molecule has 3 radical (unpaired) electrons. The average Bonchev–Trinajstić information content (AvgIpc) is 1.94. The fourth-order valence-electron chi connectivity index (χ4n) is 0.283. The minimum atomic E-state index is 0. The number of carbonyl (C=O) groups excluding carboxylic acids is 1. The summed E-state index contributed by atoms with van der Waals surface area (Å²) in [6.45, 7) is 6.69. The van der Waals surface area contributed by atoms with Crippen LogP contribution in [0.15, 0.2) is 4.99 Å². The van der Waals surface area contributed by atoms with Crippen molar-refractivity contribution in [3.05, 3.63) is 0 Å². The first-order valence-electron chi connectivity index (χ1n) is 3.45. The molecule has 0 saturated heterocycles. The Bertz CT molecular complexity index is 79.7. The van der Waals surface area contributed by atoms with Gasteiger partial charge in [-0.25, -0.2) is 9.79 Å². The minimum Gasteiger partial charge on any atom is -0.211 e. The van der Waals surface area contributed by atoms with Crippen molar-refractivity contribution in [2.24, 2.45) is 4.99 Å². The number of isocyanates is 1. The summed E-state index contributed by atoms with van der Waals surface area (Å²) in [6.07, 6.45) is 3.56. The fourth-order valence-corrected chi connectivity index (χ4v) is 0.283. The van der Waals surface area contributed by atoms with Crippen LogP contribution in [0.2, 0.25) is 0 Å². The van der Waals surface area contributed by atoms with Crippen LogP contribution in [0.5, 0.6) is 0 Å². The quantitative estimate of drug-likeness (QED) is 0.254. The van der Waals surface area contributed by atoms with E-state index >= 15 is 0 Å². The smallest absolute Gasteiger partial charge is 0.211 e. The lowest BCUT2D eigenvalue weighted by Crippen LogP contribution is -1.74. The summed E-state index contributed by atoms with van der Waals surface area (Å²) in [5.41, 5.74) is 0. The van der Waals surface area contributed by atoms with Gasteiger partial charge in [0.25, 0.3) is 0 Å². The van der Waals surface area contributed by atoms with Gasteiger partial charge in [0.05, 0.1) is 6.54 Å². The van der Waals surface area contributed by atoms with Gasteiger partial charge in [0.1, 0.15) is 0 Å². The van der Waals surface area contributed by atoms with Gasteiger partial charge in [-0.15, -0.1) is 0 Å². The van der Waals surface area contributed by atoms with E-state index in [-0.39, 0.29) is 8.41 Å². The fraction of sp³-hybridized carbons (Fsp3) is 0.857. The number of hydrogen-bond donors (Lipinski definition) is 0. The molecule has 10 heavy (non-hydrogen) atoms. The maximum Gasteiger partial charge on any atom is 0.234 e. The van der Waals surface area contributed by atoms with Crippen molar-refractivity contribution < 1.29 is 4.79 Å². The van der Waals surface area contributed by atoms with Gasteiger partial charge in [0.2, 0.25) is 6.08 Å². The molecule has 0 saturated carbocycles. The van der Waals surface area contributed by atoms with Gasteiger partial charge in [-0.3, -0.25) is 0 Å². The van der Waals surface area contributed by atoms with Crippen molar-refractivity contribution in [3.8, 4) is 0 Å². The molecule has 0 heterocycles. The van der Waals surface area contributed by atoms with Crippen LogP contribution in [0, 0.1) is 0 Å². The number of hydrogen-bond acceptors (Lipinski definition) is 2. The SMILES string of the molecule is CC.CCCCN=C=O.[B]. The Hall–Kier alpha value is -0.555. The van der Waals surface area contributed by atoms with E-state index in [2.05, 4.69) is 11.9 Å². The second-order valence-electron chi connectivity index (χ2n) is 1.33. The number of nitrogens with zero attached hydrogens (tertiary/aromatic N) is 1. The summed E-state index contributed by atoms with van der Waals surface area (Å²) in [5.74, 6) is 0. The van der Waals surface area contributed by atoms with Gasteiger partial charge in [0, 0.05) is 8.41 Å². The molecule has 0 bridgehead atoms. The number of unbranched alkanes of at least 4 members (excludes halogenated alkanes) is 1. The highest BCUT2D eigenvalue weighted by molar-refractivity contribution is 5.75. The summed E-state index contributed by atoms with van der Waals surface area (Å²) in [4.78, 5) is 12.7. The maximum absolute atomic E-state index is 9.39. The van der Waals surface area contributed by atoms with Crippen LogP contribution in [-0.4, -0.2) is 21.0 Å². The molecule has 0 unspecified atom stereocenters. The van der Waals surface area contributed by atoms with Crippen LogP contribution in [0.1, 0.15) is 33.6 Å². The lowest BCUT2D eigenvalue weighted by Gasteiger charge is -1.80. The van der Waals surface area contributed by atoms with Crippen LogP contribution in [0.4, 0.5) is 0 Å². The third-order valence-electron chi connectivity index (χ3n) is 0.688. The molecule has 0 amide bonds. The second-order valence-corrected chi connectivity index (χ2v) is 1.33. The predicted octanol–water partition coefficient (Wildman–Crippen LogP) is 1.77. The lowest BCUT2D eigenvalue weighted by molar-refractivity contribution is 0.562. The number of aliphatic imine (C=N–C) groups is 1. The van der Waals surface area contributed by atoms with Gasteiger partial charge < -0.3 is 0 Å². The Morgan fingerprint density at radius 2 is 1.90 bits per heavy atom. The molecule has 0 aliphatic heterocycles. The summed E-state index contributed by atoms with van der Waals surface area (Å²) >= 11 is 0. The maximum atomic E-state index is 9.39. The van der Waals surface area contributed by atoms with Crippen LogP contribution in [0.3, 0.4) is 0 Å². The first-order chi connectivity index (χ1) is 4.41. The predicted molar refractivity (Wildman–Crippen MR) is 45.0 cm³/mol. The van der Waals surface area contributed by atoms with Crippen LogP contribution >= 0.6 is 0 Å². The van der Waals surface area contributed by atoms with Crippen LogP contribution in [-0.2, 0) is 4.79 Å². The minimum absolute atomic E-state index is 0. The van der Waals surface area contributed by atoms with Gasteiger partial charge in [-0.2, -0.15) is 0 Å². The summed E-state index contributed by atoms with van der Waals surface area (Å²) < 4.78 is 0. The molecule has 2 nitrogen and oxygen atoms in total. The highest BCUT2D eigenvalue weighted by Crippen LogP contribution is 1.83. The Morgan fingerprint density at radius 1 is 1.40 bits per heavy atom. The van der Waals surface area contributed by atoms with Crippen molar-refractivity contribution >= 4 is 14.5 Å². The first kappa shape index (κ1) is 16.2. The van der Waals surface area contributed by atoms with Gasteiger partial charge >= 0.3 is 0 Å². The number of rotatable bonds is 3. The second kappa shape index (κ2) is 23.7. The van der Waals surface area contributed by atoms with E-state index < -0.39 is 0 Å². The van der Waals surface area contributed by atoms with E-state index in [1.807, 2.05) is 13.8 Å². The highest BCUT2D eigenvalue weighted by Gasteiger charge is 1.74. The molecule has 0 aliphatic rings. The summed E-state index contributed by atoms with van der Waals surface area (Å²) in [5, 5.41) is 0. The monoisotopic (exact) mass is 140 g/mol. The Kier molecular flexibility index (Phi) is 38.4. The van der Waals surface area contributed by atoms with Crippen molar-refractivity contribution in [1.82, 2.24) is 0 Å². The van der Waals surface area contributed by atoms with Gasteiger partial charge in [-0.05, 0) is 6.42 Å². The lowest BCUT2D eigenvalue weighted by atomic mass is 10.3. The van der Waals surface area contributed by atoms with E-state index in [1.165, 1.54) is 6.08 Å². The molecule has 3 heteroatoms. The Labute approximate surface area is 65.3 Å². The zero-order valence-corrected chi connectivity index (χ0v) is 7.05. The van der Waals surface area contributed by atoms with Gasteiger partial charge in [-0.1, -0.05) is 27.2 Å². The average molecular weight is 140 g/mol. The van der Waals surface area contributed by atoms with Crippen molar-refractivity contribution in [1.29, 1.82) is 0 Å². The van der Waals surface area contributed by atoms with Gasteiger partial charge in [0.15, 0.2) is 0 Å². The molecular formula is C7H15BNO. The van der Waals surface area contributed by atoms with Crippen LogP contribution in [0.25, 0.3) is 0 Å². The van der Waals surface area contributed by atoms with E-state index in [0.717, 1.165) is 12.8 Å². The molecule has 0 aromatic rings. The van der Waals surface area contributed by atoms with Crippen molar-refractivity contribution in [2.45, 2.75) is 33.6 Å². The molecule has 0 aromatic heterocycles. The topological polar surface area (TPSA) is 29.4 Å². The third-order valence-corrected chi connectivity index (χ3v) is 0.688. The molecule has 0 aliphatic carbocycles. The Balaban J connectivity index is -0.000000149. The normalized spacial score (nSPS) is 5.90. The molecule has 57 valence electrons. The van der Waals surface area contributed by atoms with Crippen molar-refractivity contribution in [3.63, 3.8) is 0 Å². The first-order valence-corrected chi connectivity index (χ1v) is 3.45. The Morgan fingerprint density at radius 3 is 2.20 bits per heavy atom. The van der Waals surface area contributed by atoms with E-state index in [4.69, 9.17) is 0 Å². The van der Waals surface area contributed by atoms with E-state index in [9.17, 15) is 4.79 Å². The van der Waals surface area contributed by atoms with Crippen LogP contribution < -0.4 is 0 Å². The van der Waals surface area contributed by atoms with E-state index in [1.54, 1.807) is 0 Å². The molecule has 0 rings (SSSR count). The van der Waals surface area contributed by atoms with E-state index in [0.29, 0.717) is 6.54 Å². The zero-order valence-electron chi connectivity index (χ0n) is 7.05. The molecular weight excluding hydrogens is 125 g/mol. The molecule has 0 N–H and O–H groups in total. The molecule has 0 aromatic carbocycles. The summed E-state index contributed by atoms with van der Waals surface area (Å²) in [7, 11) is 0. The largest absolute Gasteiger partial charge is 0.234 e. The zero-order chi connectivity index (χ0) is 7.54. The molecule has 0 spiro atoms. The molecule has 0 atom stereocenters. The molecule has 0 fully saturated rings. The van der Waals surface area contributed by atoms with Crippen molar-refractivity contribution in [2.75, 3.05) is 6.54 Å². The third kappa shape index (κ3) is 26.1. The summed E-state index contributed by atoms with van der Waals surface area (Å²) in [6, 6.07) is 0. The standard InChI is InChI=1S/C5H9NO.C2H6.B/c1-2-3-4-6-5-7;1-2;/h2-4H2,1H3;1-2H3;. The highest BCUT2D eigenvalue weighted by atomic mass is 16.1.